The van der Waals surface area contributed by atoms with Gasteiger partial charge in [-0.25, -0.2) is 0 Å². The third-order valence-corrected chi connectivity index (χ3v) is 6.32. The lowest BCUT2D eigenvalue weighted by atomic mass is 9.99. The lowest BCUT2D eigenvalue weighted by molar-refractivity contribution is 0.152. The Morgan fingerprint density at radius 2 is 1.97 bits per heavy atom. The van der Waals surface area contributed by atoms with Gasteiger partial charge in [-0.15, -0.1) is 0 Å². The highest BCUT2D eigenvalue weighted by Crippen LogP contribution is 2.27. The van der Waals surface area contributed by atoms with E-state index >= 15 is 0 Å². The summed E-state index contributed by atoms with van der Waals surface area (Å²) < 4.78 is 0. The number of rotatable bonds is 5. The first kappa shape index (κ1) is 21.3. The molecular weight excluding hydrogens is 402 g/mol. The average Bonchev–Trinajstić information content (AvgIpc) is 2.80. The van der Waals surface area contributed by atoms with Crippen LogP contribution >= 0.6 is 11.6 Å². The maximum absolute atomic E-state index is 9.77. The molecule has 1 aliphatic rings. The third-order valence-electron chi connectivity index (χ3n) is 5.99. The molecule has 1 saturated heterocycles. The highest BCUT2D eigenvalue weighted by atomic mass is 35.5. The van der Waals surface area contributed by atoms with E-state index in [4.69, 9.17) is 11.6 Å². The van der Waals surface area contributed by atoms with Gasteiger partial charge in [0.1, 0.15) is 6.07 Å². The van der Waals surface area contributed by atoms with E-state index in [1.807, 2.05) is 48.6 Å². The number of pyridine rings is 1. The molecule has 4 heteroatoms. The van der Waals surface area contributed by atoms with E-state index in [-0.39, 0.29) is 0 Å². The van der Waals surface area contributed by atoms with Gasteiger partial charge in [-0.2, -0.15) is 5.26 Å². The minimum Gasteiger partial charge on any atom is -0.296 e. The van der Waals surface area contributed by atoms with E-state index in [0.717, 1.165) is 34.8 Å². The fourth-order valence-corrected chi connectivity index (χ4v) is 4.45. The van der Waals surface area contributed by atoms with E-state index in [9.17, 15) is 5.26 Å². The second-order valence-electron chi connectivity index (χ2n) is 8.10. The number of hydrogen-bond donors (Lipinski definition) is 0. The van der Waals surface area contributed by atoms with Gasteiger partial charge in [0.15, 0.2) is 0 Å². The van der Waals surface area contributed by atoms with Gasteiger partial charge in [-0.3, -0.25) is 9.88 Å². The van der Waals surface area contributed by atoms with E-state index in [2.05, 4.69) is 41.1 Å². The number of halogens is 1. The van der Waals surface area contributed by atoms with E-state index in [0.29, 0.717) is 17.3 Å². The van der Waals surface area contributed by atoms with Crippen molar-refractivity contribution in [2.24, 2.45) is 0 Å². The Morgan fingerprint density at radius 1 is 1.13 bits per heavy atom. The molecule has 0 bridgehead atoms. The van der Waals surface area contributed by atoms with Crippen molar-refractivity contribution in [3.8, 4) is 17.2 Å². The van der Waals surface area contributed by atoms with Crippen LogP contribution in [0.15, 0.2) is 60.8 Å². The van der Waals surface area contributed by atoms with Crippen LogP contribution in [0.25, 0.3) is 23.3 Å². The highest BCUT2D eigenvalue weighted by molar-refractivity contribution is 6.32. The minimum atomic E-state index is 0.566. The summed E-state index contributed by atoms with van der Waals surface area (Å²) in [4.78, 5) is 6.96. The Bertz CT molecular complexity index is 1120. The summed E-state index contributed by atoms with van der Waals surface area (Å²) in [6, 6.07) is 21.0. The predicted octanol–water partition coefficient (Wildman–Crippen LogP) is 6.82. The quantitative estimate of drug-likeness (QED) is 0.448. The fraction of sp³-hybridized carbons (Fsp3) is 0.259. The van der Waals surface area contributed by atoms with Gasteiger partial charge in [0.05, 0.1) is 11.3 Å². The molecule has 3 aromatic rings. The minimum absolute atomic E-state index is 0.566. The molecule has 0 spiro atoms. The first-order chi connectivity index (χ1) is 15.2. The number of benzene rings is 2. The zero-order valence-electron chi connectivity index (χ0n) is 17.8. The molecule has 0 unspecified atom stereocenters. The maximum atomic E-state index is 9.77. The molecule has 3 nitrogen and oxygen atoms in total. The van der Waals surface area contributed by atoms with Crippen LogP contribution in [0.1, 0.15) is 48.6 Å². The Balaban J connectivity index is 1.56. The van der Waals surface area contributed by atoms with Crippen molar-refractivity contribution in [3.63, 3.8) is 0 Å². The monoisotopic (exact) mass is 427 g/mol. The third kappa shape index (κ3) is 5.05. The van der Waals surface area contributed by atoms with Gasteiger partial charge in [-0.05, 0) is 61.2 Å². The Labute approximate surface area is 189 Å². The Hall–Kier alpha value is -2.93. The summed E-state index contributed by atoms with van der Waals surface area (Å²) in [6.07, 6.45) is 9.42. The average molecular weight is 428 g/mol. The van der Waals surface area contributed by atoms with Crippen LogP contribution in [0.3, 0.4) is 0 Å². The second kappa shape index (κ2) is 9.92. The number of nitriles is 1. The molecule has 0 N–H and O–H groups in total. The molecule has 1 atom stereocenters. The van der Waals surface area contributed by atoms with Crippen LogP contribution in [-0.4, -0.2) is 22.5 Å². The summed E-state index contributed by atoms with van der Waals surface area (Å²) in [5.41, 5.74) is 5.26. The van der Waals surface area contributed by atoms with Crippen LogP contribution in [0.4, 0.5) is 0 Å². The van der Waals surface area contributed by atoms with Gasteiger partial charge in [0.25, 0.3) is 0 Å². The summed E-state index contributed by atoms with van der Waals surface area (Å²) in [5, 5.41) is 10.5. The molecular formula is C27H26ClN3. The number of piperidine rings is 1. The predicted molar refractivity (Wildman–Crippen MR) is 128 cm³/mol. The van der Waals surface area contributed by atoms with Crippen LogP contribution < -0.4 is 0 Å². The fourth-order valence-electron chi connectivity index (χ4n) is 4.18. The first-order valence-electron chi connectivity index (χ1n) is 10.8. The lowest BCUT2D eigenvalue weighted by Gasteiger charge is -2.33. The molecule has 0 saturated carbocycles. The van der Waals surface area contributed by atoms with E-state index in [1.54, 1.807) is 6.20 Å². The molecule has 0 aliphatic carbocycles. The number of nitrogens with zero attached hydrogens (tertiary/aromatic N) is 3. The van der Waals surface area contributed by atoms with Crippen LogP contribution in [0.5, 0.6) is 0 Å². The van der Waals surface area contributed by atoms with Crippen molar-refractivity contribution >= 4 is 23.8 Å². The normalized spacial score (nSPS) is 17.0. The summed E-state index contributed by atoms with van der Waals surface area (Å²) in [5.74, 6) is 0. The van der Waals surface area contributed by atoms with Crippen molar-refractivity contribution in [1.29, 1.82) is 5.26 Å². The van der Waals surface area contributed by atoms with Crippen LogP contribution in [0, 0.1) is 11.3 Å². The molecule has 156 valence electrons. The Morgan fingerprint density at radius 3 is 2.71 bits per heavy atom. The summed E-state index contributed by atoms with van der Waals surface area (Å²) in [7, 11) is 0. The second-order valence-corrected chi connectivity index (χ2v) is 8.51. The van der Waals surface area contributed by atoms with Gasteiger partial charge < -0.3 is 0 Å². The highest BCUT2D eigenvalue weighted by Gasteiger charge is 2.18. The molecule has 0 amide bonds. The van der Waals surface area contributed by atoms with Crippen molar-refractivity contribution in [1.82, 2.24) is 9.88 Å². The van der Waals surface area contributed by atoms with Crippen LogP contribution in [0.2, 0.25) is 5.02 Å². The summed E-state index contributed by atoms with van der Waals surface area (Å²) >= 11 is 6.60. The molecule has 2 heterocycles. The zero-order valence-corrected chi connectivity index (χ0v) is 18.5. The number of likely N-dealkylation sites (tertiary alicyclic amines) is 1. The Kier molecular flexibility index (Phi) is 6.82. The van der Waals surface area contributed by atoms with Gasteiger partial charge in [0.2, 0.25) is 0 Å². The largest absolute Gasteiger partial charge is 0.296 e. The van der Waals surface area contributed by atoms with Crippen molar-refractivity contribution in [2.75, 3.05) is 6.54 Å². The summed E-state index contributed by atoms with van der Waals surface area (Å²) in [6.45, 7) is 4.39. The standard InChI is InChI=1S/C27H26ClN3/c1-20-7-5-6-16-31(20)19-21-10-11-23(26(28)17-21)12-13-27-25(18-29)24(14-15-30-27)22-8-3-2-4-9-22/h2-4,8-15,17,20H,5-7,16,19H2,1H3/b13-12+/t20-/m1/s1. The van der Waals surface area contributed by atoms with Crippen LogP contribution in [-0.2, 0) is 6.54 Å². The molecule has 1 aliphatic heterocycles. The molecule has 31 heavy (non-hydrogen) atoms. The molecule has 0 radical (unpaired) electrons. The van der Waals surface area contributed by atoms with E-state index < -0.39 is 0 Å². The van der Waals surface area contributed by atoms with Crippen molar-refractivity contribution in [2.45, 2.75) is 38.8 Å². The van der Waals surface area contributed by atoms with E-state index in [1.165, 1.54) is 24.8 Å². The molecule has 2 aromatic carbocycles. The molecule has 1 fully saturated rings. The molecule has 4 rings (SSSR count). The van der Waals surface area contributed by atoms with Gasteiger partial charge in [-0.1, -0.05) is 66.6 Å². The van der Waals surface area contributed by atoms with Crippen molar-refractivity contribution < 1.29 is 0 Å². The topological polar surface area (TPSA) is 39.9 Å². The SMILES string of the molecule is C[C@@H]1CCCCN1Cc1ccc(/C=C/c2nccc(-c3ccccc3)c2C#N)c(Cl)c1. The first-order valence-corrected chi connectivity index (χ1v) is 11.2. The van der Waals surface area contributed by atoms with Gasteiger partial charge in [0, 0.05) is 29.4 Å². The van der Waals surface area contributed by atoms with Gasteiger partial charge >= 0.3 is 0 Å². The van der Waals surface area contributed by atoms with Crippen molar-refractivity contribution in [3.05, 3.63) is 88.2 Å². The maximum Gasteiger partial charge on any atom is 0.102 e. The number of aromatic nitrogens is 1. The lowest BCUT2D eigenvalue weighted by Crippen LogP contribution is -2.36. The number of hydrogen-bond acceptors (Lipinski definition) is 3. The zero-order chi connectivity index (χ0) is 21.6. The smallest absolute Gasteiger partial charge is 0.102 e. The molecule has 1 aromatic heterocycles.